The zero-order chi connectivity index (χ0) is 15.7. The molecule has 21 heavy (non-hydrogen) atoms. The van der Waals surface area contributed by atoms with E-state index in [1.165, 1.54) is 44.2 Å². The number of phenols is 1. The third kappa shape index (κ3) is 8.10. The molecule has 0 aliphatic heterocycles. The summed E-state index contributed by atoms with van der Waals surface area (Å²) in [5, 5.41) is 12.0. The standard InChI is InChI=1S/C15H27N2O3P/c1-2-3-4-5-6-7-8-9-13-12-14(10-11-15(13)18)17-21(16,19)20/h10-12,18H,2-9H2,1H3,(H4,16,17,19,20)/p-1. The Morgan fingerprint density at radius 2 is 1.81 bits per heavy atom. The van der Waals surface area contributed by atoms with Crippen LogP contribution in [0.25, 0.3) is 0 Å². The van der Waals surface area contributed by atoms with Crippen molar-refractivity contribution < 1.29 is 14.6 Å². The summed E-state index contributed by atoms with van der Waals surface area (Å²) in [5.74, 6) is 0.198. The van der Waals surface area contributed by atoms with Crippen molar-refractivity contribution in [3.63, 3.8) is 0 Å². The van der Waals surface area contributed by atoms with Gasteiger partial charge in [-0.1, -0.05) is 45.4 Å². The van der Waals surface area contributed by atoms with E-state index in [0.717, 1.165) is 24.8 Å². The van der Waals surface area contributed by atoms with Crippen LogP contribution in [-0.4, -0.2) is 5.11 Å². The van der Waals surface area contributed by atoms with Gasteiger partial charge in [0.05, 0.1) is 0 Å². The summed E-state index contributed by atoms with van der Waals surface area (Å²) in [6.45, 7) is 2.20. The quantitative estimate of drug-likeness (QED) is 0.349. The van der Waals surface area contributed by atoms with E-state index >= 15 is 0 Å². The molecule has 0 aromatic heterocycles. The van der Waals surface area contributed by atoms with Crippen molar-refractivity contribution in [2.75, 3.05) is 5.09 Å². The monoisotopic (exact) mass is 313 g/mol. The minimum Gasteiger partial charge on any atom is -0.772 e. The summed E-state index contributed by atoms with van der Waals surface area (Å²) in [6.07, 6.45) is 9.14. The molecule has 0 saturated heterocycles. The van der Waals surface area contributed by atoms with E-state index in [1.807, 2.05) is 0 Å². The number of unbranched alkanes of at least 4 members (excludes halogenated alkanes) is 6. The SMILES string of the molecule is CCCCCCCCCc1cc(NP(N)(=O)[O-])ccc1O. The van der Waals surface area contributed by atoms with E-state index in [0.29, 0.717) is 5.69 Å². The molecule has 0 spiro atoms. The number of hydrogen-bond acceptors (Lipinski definition) is 3. The number of benzene rings is 1. The molecule has 1 rings (SSSR count). The highest BCUT2D eigenvalue weighted by atomic mass is 31.2. The van der Waals surface area contributed by atoms with Gasteiger partial charge in [0.2, 0.25) is 0 Å². The van der Waals surface area contributed by atoms with Crippen molar-refractivity contribution in [3.8, 4) is 5.75 Å². The van der Waals surface area contributed by atoms with Crippen LogP contribution in [0.3, 0.4) is 0 Å². The van der Waals surface area contributed by atoms with Crippen LogP contribution in [0, 0.1) is 0 Å². The Morgan fingerprint density at radius 3 is 2.43 bits per heavy atom. The molecule has 120 valence electrons. The van der Waals surface area contributed by atoms with Gasteiger partial charge in [0.15, 0.2) is 7.67 Å². The normalized spacial score (nSPS) is 13.9. The van der Waals surface area contributed by atoms with Crippen LogP contribution in [0.2, 0.25) is 0 Å². The number of nitrogens with two attached hydrogens (primary N) is 1. The minimum atomic E-state index is -4.05. The van der Waals surface area contributed by atoms with Gasteiger partial charge in [-0.3, -0.25) is 10.1 Å². The highest BCUT2D eigenvalue weighted by Gasteiger charge is 2.05. The van der Waals surface area contributed by atoms with Gasteiger partial charge in [-0.25, -0.2) is 0 Å². The zero-order valence-corrected chi connectivity index (χ0v) is 13.6. The van der Waals surface area contributed by atoms with E-state index in [4.69, 9.17) is 5.50 Å². The Bertz CT molecular complexity index is 474. The fourth-order valence-corrected chi connectivity index (χ4v) is 2.81. The molecular weight excluding hydrogens is 287 g/mol. The number of phenolic OH excluding ortho intramolecular Hbond substituents is 1. The first-order valence-corrected chi connectivity index (χ1v) is 9.31. The highest BCUT2D eigenvalue weighted by Crippen LogP contribution is 2.30. The van der Waals surface area contributed by atoms with Crippen LogP contribution in [0.4, 0.5) is 5.69 Å². The van der Waals surface area contributed by atoms with Crippen molar-refractivity contribution in [3.05, 3.63) is 23.8 Å². The molecule has 0 aliphatic rings. The second-order valence-electron chi connectivity index (χ2n) is 5.42. The summed E-state index contributed by atoms with van der Waals surface area (Å²) >= 11 is 0. The molecule has 1 aromatic carbocycles. The van der Waals surface area contributed by atoms with Gasteiger partial charge in [-0.15, -0.1) is 0 Å². The Kier molecular flexibility index (Phi) is 7.79. The van der Waals surface area contributed by atoms with E-state index in [-0.39, 0.29) is 5.75 Å². The average Bonchev–Trinajstić information content (AvgIpc) is 2.39. The molecule has 5 nitrogen and oxygen atoms in total. The fourth-order valence-electron chi connectivity index (χ4n) is 2.31. The van der Waals surface area contributed by atoms with E-state index in [2.05, 4.69) is 12.0 Å². The summed E-state index contributed by atoms with van der Waals surface area (Å²) in [7, 11) is -4.05. The number of aromatic hydroxyl groups is 1. The topological polar surface area (TPSA) is 98.4 Å². The first kappa shape index (κ1) is 18.0. The minimum absolute atomic E-state index is 0.198. The molecule has 0 radical (unpaired) electrons. The molecule has 0 fully saturated rings. The number of hydrogen-bond donors (Lipinski definition) is 3. The summed E-state index contributed by atoms with van der Waals surface area (Å²) < 4.78 is 11.0. The van der Waals surface area contributed by atoms with Crippen LogP contribution in [0.15, 0.2) is 18.2 Å². The maximum absolute atomic E-state index is 11.0. The third-order valence-corrected chi connectivity index (χ3v) is 3.98. The molecule has 1 aromatic rings. The molecule has 0 amide bonds. The molecule has 1 atom stereocenters. The number of rotatable bonds is 10. The van der Waals surface area contributed by atoms with Gasteiger partial charge in [-0.2, -0.15) is 0 Å². The first-order valence-electron chi connectivity index (χ1n) is 7.62. The maximum Gasteiger partial charge on any atom is 0.165 e. The molecule has 0 heterocycles. The lowest BCUT2D eigenvalue weighted by atomic mass is 10.0. The molecule has 6 heteroatoms. The van der Waals surface area contributed by atoms with E-state index in [1.54, 1.807) is 6.07 Å². The summed E-state index contributed by atoms with van der Waals surface area (Å²) in [4.78, 5) is 11.0. The van der Waals surface area contributed by atoms with Crippen LogP contribution in [-0.2, 0) is 11.0 Å². The second-order valence-corrected chi connectivity index (χ2v) is 6.84. The van der Waals surface area contributed by atoms with Crippen molar-refractivity contribution in [2.45, 2.75) is 58.3 Å². The lowest BCUT2D eigenvalue weighted by Crippen LogP contribution is -2.17. The Morgan fingerprint density at radius 1 is 1.19 bits per heavy atom. The lowest BCUT2D eigenvalue weighted by molar-refractivity contribution is -0.173. The average molecular weight is 313 g/mol. The number of anilines is 1. The van der Waals surface area contributed by atoms with Gasteiger partial charge in [0, 0.05) is 5.69 Å². The summed E-state index contributed by atoms with van der Waals surface area (Å²) in [6, 6.07) is 4.64. The molecule has 1 unspecified atom stereocenters. The molecule has 4 N–H and O–H groups in total. The predicted molar refractivity (Wildman–Crippen MR) is 85.2 cm³/mol. The van der Waals surface area contributed by atoms with Gasteiger partial charge < -0.3 is 15.1 Å². The third-order valence-electron chi connectivity index (χ3n) is 3.41. The molecule has 0 aliphatic carbocycles. The van der Waals surface area contributed by atoms with Crippen molar-refractivity contribution in [2.24, 2.45) is 5.50 Å². The van der Waals surface area contributed by atoms with Crippen molar-refractivity contribution in [1.82, 2.24) is 0 Å². The molecular formula is C15H26N2O3P-. The predicted octanol–water partition coefficient (Wildman–Crippen LogP) is 3.52. The van der Waals surface area contributed by atoms with Crippen LogP contribution >= 0.6 is 7.67 Å². The van der Waals surface area contributed by atoms with Gasteiger partial charge >= 0.3 is 0 Å². The molecule has 0 saturated carbocycles. The fraction of sp³-hybridized carbons (Fsp3) is 0.600. The van der Waals surface area contributed by atoms with E-state index in [9.17, 15) is 14.6 Å². The number of aryl methyl sites for hydroxylation is 1. The Balaban J connectivity index is 2.40. The zero-order valence-electron chi connectivity index (χ0n) is 12.7. The van der Waals surface area contributed by atoms with Crippen LogP contribution in [0.1, 0.15) is 57.4 Å². The molecule has 0 bridgehead atoms. The Hall–Kier alpha value is -1.03. The number of nitrogens with one attached hydrogen (secondary N) is 1. The van der Waals surface area contributed by atoms with Crippen molar-refractivity contribution in [1.29, 1.82) is 0 Å². The smallest absolute Gasteiger partial charge is 0.165 e. The highest BCUT2D eigenvalue weighted by molar-refractivity contribution is 7.55. The second kappa shape index (κ2) is 9.08. The Labute approximate surface area is 127 Å². The summed E-state index contributed by atoms with van der Waals surface area (Å²) in [5.41, 5.74) is 6.11. The lowest BCUT2D eigenvalue weighted by Gasteiger charge is -2.20. The largest absolute Gasteiger partial charge is 0.772 e. The maximum atomic E-state index is 11.0. The van der Waals surface area contributed by atoms with Crippen LogP contribution in [0.5, 0.6) is 5.75 Å². The van der Waals surface area contributed by atoms with Gasteiger partial charge in [0.1, 0.15) is 5.75 Å². The van der Waals surface area contributed by atoms with Gasteiger partial charge in [-0.05, 0) is 36.6 Å². The van der Waals surface area contributed by atoms with Gasteiger partial charge in [0.25, 0.3) is 0 Å². The first-order chi connectivity index (χ1) is 9.92. The van der Waals surface area contributed by atoms with Crippen LogP contribution < -0.4 is 15.5 Å². The van der Waals surface area contributed by atoms with Crippen molar-refractivity contribution >= 4 is 13.4 Å². The van der Waals surface area contributed by atoms with E-state index < -0.39 is 7.67 Å².